The van der Waals surface area contributed by atoms with Gasteiger partial charge in [0.05, 0.1) is 0 Å². The predicted octanol–water partition coefficient (Wildman–Crippen LogP) is -2.79. The molecule has 0 aliphatic rings. The van der Waals surface area contributed by atoms with Gasteiger partial charge in [0, 0.05) is 10.4 Å². The Labute approximate surface area is 58.7 Å². The van der Waals surface area contributed by atoms with Crippen LogP contribution in [0.3, 0.4) is 0 Å². The van der Waals surface area contributed by atoms with Crippen LogP contribution in [0.15, 0.2) is 0 Å². The topological polar surface area (TPSA) is 80.3 Å². The molecule has 0 bridgehead atoms. The molecule has 0 aliphatic heterocycles. The molecular weight excluding hydrogens is 190 g/mol. The average molecular weight is 194 g/mol. The second-order valence-electron chi connectivity index (χ2n) is 0.408. The van der Waals surface area contributed by atoms with Gasteiger partial charge in [-0.25, -0.2) is 0 Å². The van der Waals surface area contributed by atoms with Gasteiger partial charge in [0.2, 0.25) is 0 Å². The van der Waals surface area contributed by atoms with Crippen molar-refractivity contribution in [2.75, 3.05) is 0 Å². The molecule has 0 rings (SSSR count). The van der Waals surface area contributed by atoms with Crippen molar-refractivity contribution in [1.82, 2.24) is 0 Å². The quantitative estimate of drug-likeness (QED) is 0.237. The molecular formula is H4O4SSiZn. The van der Waals surface area contributed by atoms with Gasteiger partial charge >= 0.3 is 19.5 Å². The van der Waals surface area contributed by atoms with Crippen LogP contribution in [0.4, 0.5) is 0 Å². The smallest absolute Gasteiger partial charge is 0.759 e. The largest absolute Gasteiger partial charge is 2.00 e. The van der Waals surface area contributed by atoms with E-state index in [0.29, 0.717) is 0 Å². The molecule has 0 aromatic carbocycles. The summed E-state index contributed by atoms with van der Waals surface area (Å²) in [6.07, 6.45) is 0. The van der Waals surface area contributed by atoms with Gasteiger partial charge in [0.1, 0.15) is 0 Å². The van der Waals surface area contributed by atoms with E-state index in [1.165, 1.54) is 0 Å². The van der Waals surface area contributed by atoms with Gasteiger partial charge in [-0.2, -0.15) is 0 Å². The second-order valence-corrected chi connectivity index (χ2v) is 1.22. The molecule has 7 heavy (non-hydrogen) atoms. The molecule has 0 aromatic heterocycles. The molecule has 0 unspecified atom stereocenters. The Morgan fingerprint density at radius 2 is 1.14 bits per heavy atom. The van der Waals surface area contributed by atoms with E-state index >= 15 is 0 Å². The van der Waals surface area contributed by atoms with Crippen molar-refractivity contribution in [2.24, 2.45) is 0 Å². The molecule has 0 aliphatic carbocycles. The van der Waals surface area contributed by atoms with Crippen molar-refractivity contribution < 1.29 is 37.0 Å². The monoisotopic (exact) mass is 192 g/mol. The van der Waals surface area contributed by atoms with Crippen LogP contribution in [0.5, 0.6) is 0 Å². The first-order chi connectivity index (χ1) is 2.00. The first kappa shape index (κ1) is 15.6. The molecule has 0 fully saturated rings. The maximum atomic E-state index is 8.52. The van der Waals surface area contributed by atoms with Gasteiger partial charge in [0.15, 0.2) is 0 Å². The van der Waals surface area contributed by atoms with Crippen molar-refractivity contribution >= 4 is 21.4 Å². The Morgan fingerprint density at radius 1 is 1.14 bits per heavy atom. The van der Waals surface area contributed by atoms with Crippen molar-refractivity contribution in [3.05, 3.63) is 0 Å². The van der Waals surface area contributed by atoms with Gasteiger partial charge < -0.3 is 9.11 Å². The van der Waals surface area contributed by atoms with Gasteiger partial charge in [0.25, 0.3) is 0 Å². The summed E-state index contributed by atoms with van der Waals surface area (Å²) in [7, 11) is -5.17. The summed E-state index contributed by atoms with van der Waals surface area (Å²) >= 11 is 0. The summed E-state index contributed by atoms with van der Waals surface area (Å²) < 4.78 is 34.1. The molecule has 7 heteroatoms. The molecule has 0 amide bonds. The minimum atomic E-state index is -5.17. The second kappa shape index (κ2) is 4.86. The number of hydrogen-bond acceptors (Lipinski definition) is 4. The molecule has 0 heterocycles. The third-order valence-corrected chi connectivity index (χ3v) is 0. The van der Waals surface area contributed by atoms with Crippen molar-refractivity contribution in [2.45, 2.75) is 0 Å². The van der Waals surface area contributed by atoms with Gasteiger partial charge in [-0.3, -0.25) is 8.42 Å². The van der Waals surface area contributed by atoms with E-state index in [0.717, 1.165) is 0 Å². The maximum absolute atomic E-state index is 8.52. The predicted molar refractivity (Wildman–Crippen MR) is 21.8 cm³/mol. The Hall–Kier alpha value is 0.710. The van der Waals surface area contributed by atoms with E-state index in [9.17, 15) is 0 Å². The van der Waals surface area contributed by atoms with Crippen LogP contribution in [0.1, 0.15) is 0 Å². The van der Waals surface area contributed by atoms with E-state index in [1.54, 1.807) is 0 Å². The van der Waals surface area contributed by atoms with Crippen LogP contribution in [-0.2, 0) is 29.9 Å². The zero-order valence-corrected chi connectivity index (χ0v) is 6.53. The van der Waals surface area contributed by atoms with Crippen molar-refractivity contribution in [3.63, 3.8) is 0 Å². The molecule has 0 aromatic rings. The molecule has 4 nitrogen and oxygen atoms in total. The van der Waals surface area contributed by atoms with Gasteiger partial charge in [-0.15, -0.1) is 0 Å². The van der Waals surface area contributed by atoms with Gasteiger partial charge in [-0.05, 0) is 11.0 Å². The standard InChI is InChI=1S/H2O4S.H4Si.Zn/c1-5(2,3)4;;/h(H2,1,2,3,4);1H4;/q;;+2/p-2. The van der Waals surface area contributed by atoms with Crippen LogP contribution in [-0.4, -0.2) is 28.5 Å². The summed E-state index contributed by atoms with van der Waals surface area (Å²) in [5, 5.41) is 0. The van der Waals surface area contributed by atoms with Crippen LogP contribution in [0, 0.1) is 0 Å². The van der Waals surface area contributed by atoms with E-state index in [-0.39, 0.29) is 30.4 Å². The van der Waals surface area contributed by atoms with Crippen LogP contribution >= 0.6 is 0 Å². The summed E-state index contributed by atoms with van der Waals surface area (Å²) in [4.78, 5) is 0. The summed E-state index contributed by atoms with van der Waals surface area (Å²) in [5.74, 6) is 0. The van der Waals surface area contributed by atoms with Crippen LogP contribution < -0.4 is 0 Å². The van der Waals surface area contributed by atoms with E-state index < -0.39 is 10.4 Å². The van der Waals surface area contributed by atoms with Gasteiger partial charge in [-0.1, -0.05) is 0 Å². The van der Waals surface area contributed by atoms with E-state index in [4.69, 9.17) is 17.5 Å². The van der Waals surface area contributed by atoms with Crippen LogP contribution in [0.2, 0.25) is 0 Å². The summed E-state index contributed by atoms with van der Waals surface area (Å²) in [5.41, 5.74) is 0. The van der Waals surface area contributed by atoms with E-state index in [2.05, 4.69) is 0 Å². The van der Waals surface area contributed by atoms with Crippen molar-refractivity contribution in [1.29, 1.82) is 0 Å². The molecule has 0 radical (unpaired) electrons. The fourth-order valence-electron chi connectivity index (χ4n) is 0. The zero-order valence-electron chi connectivity index (χ0n) is 2.75. The Kier molecular flexibility index (Phi) is 10.9. The Bertz CT molecular complexity index is 94.9. The van der Waals surface area contributed by atoms with E-state index in [1.807, 2.05) is 0 Å². The number of hydrogen-bond donors (Lipinski definition) is 0. The maximum Gasteiger partial charge on any atom is 2.00 e. The molecule has 0 spiro atoms. The first-order valence-corrected chi connectivity index (χ1v) is 2.00. The first-order valence-electron chi connectivity index (χ1n) is 0.667. The van der Waals surface area contributed by atoms with Crippen molar-refractivity contribution in [3.8, 4) is 0 Å². The average Bonchev–Trinajstić information content (AvgIpc) is 0.722. The fraction of sp³-hybridized carbons (Fsp3) is 0. The normalized spacial score (nSPS) is 8.29. The third-order valence-electron chi connectivity index (χ3n) is 0. The Balaban J connectivity index is -0.0000000800. The van der Waals surface area contributed by atoms with Crippen LogP contribution in [0.25, 0.3) is 0 Å². The summed E-state index contributed by atoms with van der Waals surface area (Å²) in [6.45, 7) is 0. The SMILES string of the molecule is O=S(=O)([O-])[O-].[SiH4].[Zn+2]. The molecule has 0 saturated heterocycles. The third kappa shape index (κ3) is 295. The molecule has 0 N–H and O–H groups in total. The molecule has 0 atom stereocenters. The molecule has 40 valence electrons. The molecule has 0 saturated carbocycles. The minimum Gasteiger partial charge on any atom is -0.759 e. The zero-order chi connectivity index (χ0) is 4.50. The fourth-order valence-corrected chi connectivity index (χ4v) is 0. The number of rotatable bonds is 0. The summed E-state index contributed by atoms with van der Waals surface area (Å²) in [6, 6.07) is 0. The Morgan fingerprint density at radius 3 is 1.14 bits per heavy atom. The minimum absolute atomic E-state index is 0.